The third-order valence-corrected chi connectivity index (χ3v) is 3.79. The van der Waals surface area contributed by atoms with Gasteiger partial charge in [0, 0.05) is 31.0 Å². The van der Waals surface area contributed by atoms with E-state index >= 15 is 0 Å². The number of amides is 2. The topological polar surface area (TPSA) is 84.5 Å². The molecule has 148 valence electrons. The zero-order valence-electron chi connectivity index (χ0n) is 15.9. The molecule has 2 aromatic carbocycles. The number of anilines is 2. The molecule has 0 atom stereocenters. The van der Waals surface area contributed by atoms with Crippen LogP contribution in [0.15, 0.2) is 42.5 Å². The molecule has 0 fully saturated rings. The van der Waals surface area contributed by atoms with Gasteiger partial charge in [0.05, 0.1) is 12.3 Å². The minimum Gasteiger partial charge on any atom is -0.494 e. The van der Waals surface area contributed by atoms with Crippen molar-refractivity contribution in [3.05, 3.63) is 53.8 Å². The third-order valence-electron chi connectivity index (χ3n) is 3.79. The number of carbonyl (C=O) groups excluding carboxylic acids is 3. The Hall–Kier alpha value is -3.22. The van der Waals surface area contributed by atoms with Gasteiger partial charge in [-0.1, -0.05) is 6.92 Å². The number of ketones is 1. The van der Waals surface area contributed by atoms with Gasteiger partial charge < -0.3 is 15.4 Å². The molecular formula is C21H23FN2O4. The number of ether oxygens (including phenoxy) is 1. The van der Waals surface area contributed by atoms with Crippen molar-refractivity contribution in [2.75, 3.05) is 17.2 Å². The summed E-state index contributed by atoms with van der Waals surface area (Å²) >= 11 is 0. The number of hydrogen-bond donors (Lipinski definition) is 2. The predicted molar refractivity (Wildman–Crippen MR) is 105 cm³/mol. The zero-order chi connectivity index (χ0) is 20.5. The molecule has 2 rings (SSSR count). The summed E-state index contributed by atoms with van der Waals surface area (Å²) in [7, 11) is 0. The second-order valence-corrected chi connectivity index (χ2v) is 6.22. The van der Waals surface area contributed by atoms with E-state index in [0.29, 0.717) is 23.6 Å². The van der Waals surface area contributed by atoms with Crippen LogP contribution in [-0.4, -0.2) is 24.2 Å². The summed E-state index contributed by atoms with van der Waals surface area (Å²) in [4.78, 5) is 35.4. The fourth-order valence-electron chi connectivity index (χ4n) is 2.44. The van der Waals surface area contributed by atoms with E-state index in [2.05, 4.69) is 10.6 Å². The van der Waals surface area contributed by atoms with Crippen molar-refractivity contribution < 1.29 is 23.5 Å². The summed E-state index contributed by atoms with van der Waals surface area (Å²) in [5, 5.41) is 4.94. The van der Waals surface area contributed by atoms with Crippen LogP contribution in [0.25, 0.3) is 0 Å². The fraction of sp³-hybridized carbons (Fsp3) is 0.286. The van der Waals surface area contributed by atoms with Gasteiger partial charge in [0.1, 0.15) is 11.6 Å². The number of rotatable bonds is 9. The molecule has 6 nitrogen and oxygen atoms in total. The fourth-order valence-corrected chi connectivity index (χ4v) is 2.44. The lowest BCUT2D eigenvalue weighted by molar-refractivity contribution is -0.116. The molecule has 28 heavy (non-hydrogen) atoms. The second kappa shape index (κ2) is 10.2. The standard InChI is InChI=1S/C21H23FN2O4/c1-3-12-28-17-7-4-15(5-8-17)20(26)10-11-21(27)24-19-13-16(23-14(2)25)6-9-18(19)22/h4-9,13H,3,10-12H2,1-2H3,(H,23,25)(H,24,27). The Morgan fingerprint density at radius 3 is 2.36 bits per heavy atom. The lowest BCUT2D eigenvalue weighted by atomic mass is 10.1. The normalized spacial score (nSPS) is 10.2. The maximum Gasteiger partial charge on any atom is 0.224 e. The highest BCUT2D eigenvalue weighted by molar-refractivity contribution is 6.00. The average molecular weight is 386 g/mol. The quantitative estimate of drug-likeness (QED) is 0.634. The number of Topliss-reactive ketones (excluding diaryl/α,β-unsaturated/α-hetero) is 1. The molecule has 0 aliphatic heterocycles. The van der Waals surface area contributed by atoms with E-state index in [1.807, 2.05) is 6.92 Å². The van der Waals surface area contributed by atoms with Crippen molar-refractivity contribution in [1.29, 1.82) is 0 Å². The Bertz CT molecular complexity index is 850. The minimum atomic E-state index is -0.628. The van der Waals surface area contributed by atoms with Gasteiger partial charge in [-0.05, 0) is 48.9 Å². The summed E-state index contributed by atoms with van der Waals surface area (Å²) in [6.07, 6.45) is 0.800. The van der Waals surface area contributed by atoms with Gasteiger partial charge in [0.15, 0.2) is 5.78 Å². The molecule has 0 radical (unpaired) electrons. The van der Waals surface area contributed by atoms with E-state index in [1.54, 1.807) is 24.3 Å². The van der Waals surface area contributed by atoms with Gasteiger partial charge in [-0.3, -0.25) is 14.4 Å². The first-order valence-corrected chi connectivity index (χ1v) is 9.02. The maximum absolute atomic E-state index is 13.9. The van der Waals surface area contributed by atoms with Crippen LogP contribution >= 0.6 is 0 Å². The summed E-state index contributed by atoms with van der Waals surface area (Å²) < 4.78 is 19.3. The van der Waals surface area contributed by atoms with Crippen molar-refractivity contribution in [1.82, 2.24) is 0 Å². The van der Waals surface area contributed by atoms with E-state index in [9.17, 15) is 18.8 Å². The second-order valence-electron chi connectivity index (χ2n) is 6.22. The smallest absolute Gasteiger partial charge is 0.224 e. The van der Waals surface area contributed by atoms with Gasteiger partial charge >= 0.3 is 0 Å². The van der Waals surface area contributed by atoms with E-state index in [4.69, 9.17) is 4.74 Å². The SMILES string of the molecule is CCCOc1ccc(C(=O)CCC(=O)Nc2cc(NC(C)=O)ccc2F)cc1. The summed E-state index contributed by atoms with van der Waals surface area (Å²) in [6.45, 7) is 3.94. The van der Waals surface area contributed by atoms with Crippen LogP contribution in [0.4, 0.5) is 15.8 Å². The van der Waals surface area contributed by atoms with E-state index in [-0.39, 0.29) is 30.2 Å². The lowest BCUT2D eigenvalue weighted by Crippen LogP contribution is -2.15. The zero-order valence-corrected chi connectivity index (χ0v) is 15.9. The van der Waals surface area contributed by atoms with Gasteiger partial charge in [-0.2, -0.15) is 0 Å². The van der Waals surface area contributed by atoms with Gasteiger partial charge in [0.2, 0.25) is 11.8 Å². The first-order valence-electron chi connectivity index (χ1n) is 9.02. The van der Waals surface area contributed by atoms with E-state index in [1.165, 1.54) is 19.1 Å². The molecule has 0 aliphatic carbocycles. The molecule has 7 heteroatoms. The molecular weight excluding hydrogens is 363 g/mol. The minimum absolute atomic E-state index is 0.00595. The van der Waals surface area contributed by atoms with E-state index in [0.717, 1.165) is 12.5 Å². The van der Waals surface area contributed by atoms with Crippen molar-refractivity contribution in [2.24, 2.45) is 0 Å². The summed E-state index contributed by atoms with van der Waals surface area (Å²) in [5.41, 5.74) is 0.794. The van der Waals surface area contributed by atoms with Gasteiger partial charge in [-0.15, -0.1) is 0 Å². The molecule has 2 N–H and O–H groups in total. The molecule has 2 amide bonds. The van der Waals surface area contributed by atoms with Crippen LogP contribution < -0.4 is 15.4 Å². The van der Waals surface area contributed by atoms with Crippen LogP contribution in [0.3, 0.4) is 0 Å². The molecule has 0 heterocycles. The van der Waals surface area contributed by atoms with Crippen LogP contribution in [0.2, 0.25) is 0 Å². The monoisotopic (exact) mass is 386 g/mol. The maximum atomic E-state index is 13.9. The summed E-state index contributed by atoms with van der Waals surface area (Å²) in [5.74, 6) is -0.928. The van der Waals surface area contributed by atoms with Gasteiger partial charge in [-0.25, -0.2) is 4.39 Å². The number of halogens is 1. The molecule has 0 saturated heterocycles. The largest absolute Gasteiger partial charge is 0.494 e. The number of benzene rings is 2. The molecule has 0 aliphatic rings. The van der Waals surface area contributed by atoms with Gasteiger partial charge in [0.25, 0.3) is 0 Å². The predicted octanol–water partition coefficient (Wildman–Crippen LogP) is 4.17. The highest BCUT2D eigenvalue weighted by Gasteiger charge is 2.12. The first-order chi connectivity index (χ1) is 13.4. The number of hydrogen-bond acceptors (Lipinski definition) is 4. The van der Waals surface area contributed by atoms with E-state index < -0.39 is 11.7 Å². The number of nitrogens with one attached hydrogen (secondary N) is 2. The van der Waals surface area contributed by atoms with Crippen molar-refractivity contribution in [2.45, 2.75) is 33.1 Å². The Labute approximate surface area is 163 Å². The highest BCUT2D eigenvalue weighted by Crippen LogP contribution is 2.20. The lowest BCUT2D eigenvalue weighted by Gasteiger charge is -2.09. The molecule has 0 saturated carbocycles. The average Bonchev–Trinajstić information content (AvgIpc) is 2.67. The molecule has 2 aromatic rings. The van der Waals surface area contributed by atoms with Crippen LogP contribution in [0.5, 0.6) is 5.75 Å². The third kappa shape index (κ3) is 6.50. The van der Waals surface area contributed by atoms with Crippen LogP contribution in [0, 0.1) is 5.82 Å². The first kappa shape index (κ1) is 21.1. The molecule has 0 aromatic heterocycles. The van der Waals surface area contributed by atoms with Crippen molar-refractivity contribution in [3.63, 3.8) is 0 Å². The van der Waals surface area contributed by atoms with Crippen LogP contribution in [0.1, 0.15) is 43.5 Å². The Morgan fingerprint density at radius 1 is 1.00 bits per heavy atom. The Kier molecular flexibility index (Phi) is 7.68. The molecule has 0 unspecified atom stereocenters. The molecule has 0 bridgehead atoms. The molecule has 0 spiro atoms. The van der Waals surface area contributed by atoms with Crippen LogP contribution in [-0.2, 0) is 9.59 Å². The van der Waals surface area contributed by atoms with Crippen molar-refractivity contribution >= 4 is 29.0 Å². The summed E-state index contributed by atoms with van der Waals surface area (Å²) in [6, 6.07) is 10.6. The Morgan fingerprint density at radius 2 is 1.71 bits per heavy atom. The van der Waals surface area contributed by atoms with Crippen molar-refractivity contribution in [3.8, 4) is 5.75 Å². The Balaban J connectivity index is 1.89. The number of carbonyl (C=O) groups is 3. The highest BCUT2D eigenvalue weighted by atomic mass is 19.1.